The highest BCUT2D eigenvalue weighted by atomic mass is 16.5. The SMILES string of the molecule is COc1cccc(OC)c1OCC(O)CN(CCO)c1ccccc1. The molecule has 0 aliphatic carbocycles. The molecule has 6 nitrogen and oxygen atoms in total. The van der Waals surface area contributed by atoms with Crippen LogP contribution < -0.4 is 19.1 Å². The van der Waals surface area contributed by atoms with Gasteiger partial charge in [-0.25, -0.2) is 0 Å². The second-order valence-electron chi connectivity index (χ2n) is 5.46. The Balaban J connectivity index is 2.01. The van der Waals surface area contributed by atoms with Gasteiger partial charge in [0, 0.05) is 18.8 Å². The summed E-state index contributed by atoms with van der Waals surface area (Å²) in [6.45, 7) is 0.843. The van der Waals surface area contributed by atoms with Crippen molar-refractivity contribution in [3.63, 3.8) is 0 Å². The van der Waals surface area contributed by atoms with E-state index in [1.54, 1.807) is 32.4 Å². The summed E-state index contributed by atoms with van der Waals surface area (Å²) in [5.41, 5.74) is 0.936. The average Bonchev–Trinajstić information content (AvgIpc) is 2.66. The summed E-state index contributed by atoms with van der Waals surface area (Å²) in [7, 11) is 3.10. The molecule has 0 radical (unpaired) electrons. The van der Waals surface area contributed by atoms with E-state index in [0.29, 0.717) is 30.3 Å². The third-order valence-electron chi connectivity index (χ3n) is 3.73. The number of nitrogens with zero attached hydrogens (tertiary/aromatic N) is 1. The third-order valence-corrected chi connectivity index (χ3v) is 3.73. The number of anilines is 1. The molecule has 0 aromatic heterocycles. The van der Waals surface area contributed by atoms with Crippen molar-refractivity contribution in [2.45, 2.75) is 6.10 Å². The zero-order valence-corrected chi connectivity index (χ0v) is 14.6. The summed E-state index contributed by atoms with van der Waals surface area (Å²) < 4.78 is 16.3. The summed E-state index contributed by atoms with van der Waals surface area (Å²) >= 11 is 0. The Hall–Kier alpha value is -2.44. The molecular weight excluding hydrogens is 322 g/mol. The topological polar surface area (TPSA) is 71.4 Å². The van der Waals surface area contributed by atoms with Gasteiger partial charge in [-0.05, 0) is 24.3 Å². The van der Waals surface area contributed by atoms with Gasteiger partial charge in [0.2, 0.25) is 5.75 Å². The number of hydrogen-bond acceptors (Lipinski definition) is 6. The van der Waals surface area contributed by atoms with Crippen molar-refractivity contribution in [1.29, 1.82) is 0 Å². The van der Waals surface area contributed by atoms with E-state index in [2.05, 4.69) is 0 Å². The molecule has 6 heteroatoms. The lowest BCUT2D eigenvalue weighted by atomic mass is 10.2. The van der Waals surface area contributed by atoms with Crippen molar-refractivity contribution in [2.24, 2.45) is 0 Å². The van der Waals surface area contributed by atoms with Gasteiger partial charge in [-0.1, -0.05) is 24.3 Å². The fourth-order valence-electron chi connectivity index (χ4n) is 2.53. The fraction of sp³-hybridized carbons (Fsp3) is 0.368. The first-order valence-electron chi connectivity index (χ1n) is 8.12. The van der Waals surface area contributed by atoms with Gasteiger partial charge in [0.1, 0.15) is 12.7 Å². The van der Waals surface area contributed by atoms with E-state index in [0.717, 1.165) is 5.69 Å². The molecule has 0 saturated heterocycles. The predicted molar refractivity (Wildman–Crippen MR) is 96.8 cm³/mol. The van der Waals surface area contributed by atoms with Gasteiger partial charge in [-0.2, -0.15) is 0 Å². The molecule has 0 heterocycles. The number of methoxy groups -OCH3 is 2. The smallest absolute Gasteiger partial charge is 0.203 e. The Bertz CT molecular complexity index is 613. The quantitative estimate of drug-likeness (QED) is 0.684. The van der Waals surface area contributed by atoms with Gasteiger partial charge in [0.05, 0.1) is 20.8 Å². The standard InChI is InChI=1S/C19H25NO5/c1-23-17-9-6-10-18(24-2)19(17)25-14-16(22)13-20(11-12-21)15-7-4-3-5-8-15/h3-10,16,21-22H,11-14H2,1-2H3. The van der Waals surface area contributed by atoms with Crippen LogP contribution in [-0.4, -0.2) is 56.8 Å². The van der Waals surface area contributed by atoms with Crippen LogP contribution in [0, 0.1) is 0 Å². The maximum Gasteiger partial charge on any atom is 0.203 e. The Morgan fingerprint density at radius 2 is 1.60 bits per heavy atom. The van der Waals surface area contributed by atoms with Crippen molar-refractivity contribution < 1.29 is 24.4 Å². The van der Waals surface area contributed by atoms with Gasteiger partial charge in [-0.3, -0.25) is 0 Å². The molecule has 0 aliphatic heterocycles. The van der Waals surface area contributed by atoms with Crippen LogP contribution in [0.5, 0.6) is 17.2 Å². The summed E-state index contributed by atoms with van der Waals surface area (Å²) in [4.78, 5) is 1.91. The van der Waals surface area contributed by atoms with Crippen LogP contribution in [0.3, 0.4) is 0 Å². The molecule has 0 spiro atoms. The molecule has 0 bridgehead atoms. The van der Waals surface area contributed by atoms with Crippen LogP contribution in [0.2, 0.25) is 0 Å². The van der Waals surface area contributed by atoms with Crippen LogP contribution >= 0.6 is 0 Å². The van der Waals surface area contributed by atoms with Gasteiger partial charge in [0.15, 0.2) is 11.5 Å². The molecule has 0 fully saturated rings. The van der Waals surface area contributed by atoms with E-state index in [9.17, 15) is 10.2 Å². The Kier molecular flexibility index (Phi) is 7.37. The molecule has 136 valence electrons. The number of hydrogen-bond donors (Lipinski definition) is 2. The minimum Gasteiger partial charge on any atom is -0.493 e. The minimum absolute atomic E-state index is 0.00278. The van der Waals surface area contributed by atoms with Crippen LogP contribution in [0.4, 0.5) is 5.69 Å². The predicted octanol–water partition coefficient (Wildman–Crippen LogP) is 1.94. The van der Waals surface area contributed by atoms with Gasteiger partial charge >= 0.3 is 0 Å². The molecule has 1 atom stereocenters. The lowest BCUT2D eigenvalue weighted by molar-refractivity contribution is 0.107. The van der Waals surface area contributed by atoms with E-state index in [1.807, 2.05) is 35.2 Å². The summed E-state index contributed by atoms with van der Waals surface area (Å²) in [6, 6.07) is 15.0. The highest BCUT2D eigenvalue weighted by Gasteiger charge is 2.16. The largest absolute Gasteiger partial charge is 0.493 e. The number of rotatable bonds is 10. The third kappa shape index (κ3) is 5.27. The van der Waals surface area contributed by atoms with Crippen LogP contribution in [-0.2, 0) is 0 Å². The van der Waals surface area contributed by atoms with Crippen molar-refractivity contribution in [2.75, 3.05) is 45.4 Å². The minimum atomic E-state index is -0.749. The van der Waals surface area contributed by atoms with Crippen molar-refractivity contribution in [3.05, 3.63) is 48.5 Å². The molecule has 2 aromatic carbocycles. The second-order valence-corrected chi connectivity index (χ2v) is 5.46. The number of aliphatic hydroxyl groups excluding tert-OH is 2. The summed E-state index contributed by atoms with van der Waals surface area (Å²) in [5, 5.41) is 19.6. The van der Waals surface area contributed by atoms with Crippen molar-refractivity contribution in [1.82, 2.24) is 0 Å². The van der Waals surface area contributed by atoms with Crippen LogP contribution in [0.25, 0.3) is 0 Å². The fourth-order valence-corrected chi connectivity index (χ4v) is 2.53. The van der Waals surface area contributed by atoms with Crippen molar-refractivity contribution >= 4 is 5.69 Å². The number of aliphatic hydroxyl groups is 2. The number of para-hydroxylation sites is 2. The summed E-state index contributed by atoms with van der Waals surface area (Å²) in [5.74, 6) is 1.55. The Labute approximate surface area is 148 Å². The molecule has 2 N–H and O–H groups in total. The maximum atomic E-state index is 10.4. The average molecular weight is 347 g/mol. The maximum absolute atomic E-state index is 10.4. The zero-order valence-electron chi connectivity index (χ0n) is 14.6. The molecule has 1 unspecified atom stereocenters. The van der Waals surface area contributed by atoms with Gasteiger partial charge in [-0.15, -0.1) is 0 Å². The lowest BCUT2D eigenvalue weighted by Gasteiger charge is -2.27. The molecule has 2 rings (SSSR count). The molecule has 0 aliphatic rings. The van der Waals surface area contributed by atoms with E-state index >= 15 is 0 Å². The zero-order chi connectivity index (χ0) is 18.1. The first-order chi connectivity index (χ1) is 12.2. The highest BCUT2D eigenvalue weighted by Crippen LogP contribution is 2.36. The van der Waals surface area contributed by atoms with Crippen LogP contribution in [0.1, 0.15) is 0 Å². The second kappa shape index (κ2) is 9.76. The molecule has 0 amide bonds. The first kappa shape index (κ1) is 18.9. The summed E-state index contributed by atoms with van der Waals surface area (Å²) in [6.07, 6.45) is -0.749. The molecule has 0 saturated carbocycles. The number of benzene rings is 2. The van der Waals surface area contributed by atoms with Crippen LogP contribution in [0.15, 0.2) is 48.5 Å². The van der Waals surface area contributed by atoms with Gasteiger partial charge in [0.25, 0.3) is 0 Å². The molecule has 2 aromatic rings. The normalized spacial score (nSPS) is 11.7. The van der Waals surface area contributed by atoms with E-state index in [1.165, 1.54) is 0 Å². The van der Waals surface area contributed by atoms with E-state index in [4.69, 9.17) is 14.2 Å². The lowest BCUT2D eigenvalue weighted by Crippen LogP contribution is -2.37. The van der Waals surface area contributed by atoms with E-state index in [-0.39, 0.29) is 13.2 Å². The van der Waals surface area contributed by atoms with Crippen molar-refractivity contribution in [3.8, 4) is 17.2 Å². The number of ether oxygens (including phenoxy) is 3. The molecule has 25 heavy (non-hydrogen) atoms. The Morgan fingerprint density at radius 1 is 0.960 bits per heavy atom. The monoisotopic (exact) mass is 347 g/mol. The van der Waals surface area contributed by atoms with E-state index < -0.39 is 6.10 Å². The highest BCUT2D eigenvalue weighted by molar-refractivity contribution is 5.51. The Morgan fingerprint density at radius 3 is 2.16 bits per heavy atom. The molecular formula is C19H25NO5. The first-order valence-corrected chi connectivity index (χ1v) is 8.12. The van der Waals surface area contributed by atoms with Gasteiger partial charge < -0.3 is 29.3 Å².